The Balaban J connectivity index is 1.93. The van der Waals surface area contributed by atoms with Crippen LogP contribution >= 0.6 is 0 Å². The number of anilines is 1. The van der Waals surface area contributed by atoms with Crippen molar-refractivity contribution in [3.8, 4) is 11.4 Å². The van der Waals surface area contributed by atoms with Crippen molar-refractivity contribution < 1.29 is 9.90 Å². The van der Waals surface area contributed by atoms with Gasteiger partial charge in [0.05, 0.1) is 11.9 Å². The molecule has 1 aromatic carbocycles. The van der Waals surface area contributed by atoms with Crippen LogP contribution in [0.2, 0.25) is 0 Å². The van der Waals surface area contributed by atoms with Gasteiger partial charge in [0.25, 0.3) is 5.43 Å². The molecule has 0 spiro atoms. The smallest absolute Gasteiger partial charge is 0.252 e. The Hall–Kier alpha value is -2.63. The van der Waals surface area contributed by atoms with Crippen LogP contribution in [0, 0.1) is 0 Å². The van der Waals surface area contributed by atoms with Crippen molar-refractivity contribution in [1.82, 2.24) is 9.78 Å². The van der Waals surface area contributed by atoms with Crippen molar-refractivity contribution in [3.05, 3.63) is 46.4 Å². The highest BCUT2D eigenvalue weighted by molar-refractivity contribution is 5.92. The number of piperidine rings is 1. The Kier molecular flexibility index (Phi) is 4.14. The zero-order valence-corrected chi connectivity index (χ0v) is 13.0. The fourth-order valence-electron chi connectivity index (χ4n) is 2.81. The average molecular weight is 313 g/mol. The number of carbonyl (C=O) groups excluding carboxylic acids is 1. The molecule has 0 atom stereocenters. The standard InChI is InChI=1S/C17H19N3O3/c1-12(21)16-17(23)15(22)11-20(18-16)14-7-5-13(6-8-14)19-9-3-2-4-10-19/h5-8,11,22H,2-4,9-10H2,1H3. The average Bonchev–Trinajstić information content (AvgIpc) is 2.58. The van der Waals surface area contributed by atoms with Crippen molar-refractivity contribution in [3.63, 3.8) is 0 Å². The molecule has 1 aliphatic rings. The lowest BCUT2D eigenvalue weighted by molar-refractivity contribution is 0.100. The molecule has 1 aliphatic heterocycles. The van der Waals surface area contributed by atoms with Crippen LogP contribution in [0.1, 0.15) is 36.7 Å². The Morgan fingerprint density at radius 3 is 2.30 bits per heavy atom. The minimum atomic E-state index is -0.737. The van der Waals surface area contributed by atoms with E-state index in [-0.39, 0.29) is 5.69 Å². The molecule has 1 saturated heterocycles. The highest BCUT2D eigenvalue weighted by atomic mass is 16.3. The fraction of sp³-hybridized carbons (Fsp3) is 0.353. The van der Waals surface area contributed by atoms with Gasteiger partial charge in [-0.15, -0.1) is 0 Å². The zero-order chi connectivity index (χ0) is 16.4. The van der Waals surface area contributed by atoms with Gasteiger partial charge in [0.15, 0.2) is 17.2 Å². The minimum absolute atomic E-state index is 0.259. The molecule has 23 heavy (non-hydrogen) atoms. The summed E-state index contributed by atoms with van der Waals surface area (Å²) in [7, 11) is 0. The number of hydrogen-bond donors (Lipinski definition) is 1. The first kappa shape index (κ1) is 15.3. The monoisotopic (exact) mass is 313 g/mol. The lowest BCUT2D eigenvalue weighted by Gasteiger charge is -2.28. The second-order valence-electron chi connectivity index (χ2n) is 5.76. The summed E-state index contributed by atoms with van der Waals surface area (Å²) < 4.78 is 1.35. The third-order valence-corrected chi connectivity index (χ3v) is 4.07. The maximum atomic E-state index is 11.7. The van der Waals surface area contributed by atoms with Gasteiger partial charge < -0.3 is 10.0 Å². The number of rotatable bonds is 3. The molecule has 0 aliphatic carbocycles. The second kappa shape index (κ2) is 6.24. The summed E-state index contributed by atoms with van der Waals surface area (Å²) in [4.78, 5) is 25.5. The van der Waals surface area contributed by atoms with Gasteiger partial charge in [-0.2, -0.15) is 5.10 Å². The molecule has 2 aromatic rings. The number of Topliss-reactive ketones (excluding diaryl/α,β-unsaturated/α-hetero) is 1. The van der Waals surface area contributed by atoms with E-state index in [2.05, 4.69) is 10.00 Å². The molecule has 1 fully saturated rings. The summed E-state index contributed by atoms with van der Waals surface area (Å²) >= 11 is 0. The summed E-state index contributed by atoms with van der Waals surface area (Å²) in [5.41, 5.74) is 0.831. The van der Waals surface area contributed by atoms with Crippen LogP contribution in [-0.4, -0.2) is 33.8 Å². The van der Waals surface area contributed by atoms with E-state index in [4.69, 9.17) is 0 Å². The van der Waals surface area contributed by atoms with Gasteiger partial charge in [0.2, 0.25) is 0 Å². The predicted octanol–water partition coefficient (Wildman–Crippen LogP) is 2.13. The highest BCUT2D eigenvalue weighted by Gasteiger charge is 2.14. The van der Waals surface area contributed by atoms with Gasteiger partial charge >= 0.3 is 0 Å². The van der Waals surface area contributed by atoms with E-state index < -0.39 is 17.0 Å². The fourth-order valence-corrected chi connectivity index (χ4v) is 2.81. The van der Waals surface area contributed by atoms with E-state index in [1.54, 1.807) is 0 Å². The van der Waals surface area contributed by atoms with Crippen LogP contribution in [0.3, 0.4) is 0 Å². The van der Waals surface area contributed by atoms with Gasteiger partial charge in [-0.1, -0.05) is 0 Å². The number of benzene rings is 1. The molecular formula is C17H19N3O3. The van der Waals surface area contributed by atoms with Crippen LogP contribution in [0.5, 0.6) is 5.75 Å². The van der Waals surface area contributed by atoms with Crippen molar-refractivity contribution in [2.75, 3.05) is 18.0 Å². The number of nitrogens with zero attached hydrogens (tertiary/aromatic N) is 3. The van der Waals surface area contributed by atoms with Gasteiger partial charge in [-0.05, 0) is 43.5 Å². The van der Waals surface area contributed by atoms with E-state index >= 15 is 0 Å². The molecule has 0 radical (unpaired) electrons. The topological polar surface area (TPSA) is 75.4 Å². The summed E-state index contributed by atoms with van der Waals surface area (Å²) in [6.45, 7) is 3.38. The van der Waals surface area contributed by atoms with E-state index in [1.807, 2.05) is 24.3 Å². The maximum absolute atomic E-state index is 11.7. The minimum Gasteiger partial charge on any atom is -0.503 e. The molecule has 6 heteroatoms. The molecule has 1 N–H and O–H groups in total. The number of hydrogen-bond acceptors (Lipinski definition) is 5. The van der Waals surface area contributed by atoms with Crippen molar-refractivity contribution in [2.45, 2.75) is 26.2 Å². The molecule has 120 valence electrons. The first-order valence-electron chi connectivity index (χ1n) is 7.75. The molecule has 0 unspecified atom stereocenters. The maximum Gasteiger partial charge on any atom is 0.252 e. The Labute approximate surface area is 134 Å². The third kappa shape index (κ3) is 3.11. The Morgan fingerprint density at radius 1 is 1.09 bits per heavy atom. The zero-order valence-electron chi connectivity index (χ0n) is 13.0. The van der Waals surface area contributed by atoms with E-state index in [9.17, 15) is 14.7 Å². The first-order chi connectivity index (χ1) is 11.1. The van der Waals surface area contributed by atoms with Crippen molar-refractivity contribution >= 4 is 11.5 Å². The van der Waals surface area contributed by atoms with Crippen LogP contribution in [-0.2, 0) is 0 Å². The predicted molar refractivity (Wildman–Crippen MR) is 87.6 cm³/mol. The SMILES string of the molecule is CC(=O)c1nn(-c2ccc(N3CCCCC3)cc2)cc(O)c1=O. The number of carbonyl (C=O) groups is 1. The molecule has 0 bridgehead atoms. The van der Waals surface area contributed by atoms with E-state index in [1.165, 1.54) is 37.1 Å². The molecular weight excluding hydrogens is 294 g/mol. The lowest BCUT2D eigenvalue weighted by Crippen LogP contribution is -2.29. The highest BCUT2D eigenvalue weighted by Crippen LogP contribution is 2.21. The summed E-state index contributed by atoms with van der Waals surface area (Å²) in [6.07, 6.45) is 4.92. The molecule has 1 aromatic heterocycles. The summed E-state index contributed by atoms with van der Waals surface area (Å²) in [5, 5.41) is 13.7. The Bertz CT molecular complexity index is 775. The van der Waals surface area contributed by atoms with Crippen LogP contribution in [0.15, 0.2) is 35.3 Å². The van der Waals surface area contributed by atoms with Gasteiger partial charge in [0.1, 0.15) is 0 Å². The van der Waals surface area contributed by atoms with Crippen molar-refractivity contribution in [2.24, 2.45) is 0 Å². The molecule has 6 nitrogen and oxygen atoms in total. The molecule has 0 amide bonds. The molecule has 2 heterocycles. The normalized spacial score (nSPS) is 14.7. The van der Waals surface area contributed by atoms with E-state index in [0.29, 0.717) is 5.69 Å². The van der Waals surface area contributed by atoms with Gasteiger partial charge in [-0.25, -0.2) is 4.68 Å². The first-order valence-corrected chi connectivity index (χ1v) is 7.75. The number of aromatic hydroxyl groups is 1. The van der Waals surface area contributed by atoms with Gasteiger partial charge in [-0.3, -0.25) is 9.59 Å². The van der Waals surface area contributed by atoms with Crippen LogP contribution in [0.25, 0.3) is 5.69 Å². The molecule has 3 rings (SSSR count). The van der Waals surface area contributed by atoms with E-state index in [0.717, 1.165) is 18.8 Å². The Morgan fingerprint density at radius 2 is 1.70 bits per heavy atom. The number of aromatic nitrogens is 2. The number of ketones is 1. The van der Waals surface area contributed by atoms with Crippen molar-refractivity contribution in [1.29, 1.82) is 0 Å². The molecule has 0 saturated carbocycles. The quantitative estimate of drug-likeness (QED) is 0.879. The second-order valence-corrected chi connectivity index (χ2v) is 5.76. The summed E-state index contributed by atoms with van der Waals surface area (Å²) in [5.74, 6) is -0.949. The summed E-state index contributed by atoms with van der Waals surface area (Å²) in [6, 6.07) is 7.71. The van der Waals surface area contributed by atoms with Crippen LogP contribution < -0.4 is 10.3 Å². The van der Waals surface area contributed by atoms with Crippen LogP contribution in [0.4, 0.5) is 5.69 Å². The largest absolute Gasteiger partial charge is 0.503 e. The third-order valence-electron chi connectivity index (χ3n) is 4.07. The van der Waals surface area contributed by atoms with Gasteiger partial charge in [0, 0.05) is 25.7 Å². The lowest BCUT2D eigenvalue weighted by atomic mass is 10.1.